The third-order valence-corrected chi connectivity index (χ3v) is 6.02. The second-order valence-electron chi connectivity index (χ2n) is 7.13. The van der Waals surface area contributed by atoms with Crippen molar-refractivity contribution in [3.05, 3.63) is 0 Å². The second kappa shape index (κ2) is 4.67. The zero-order valence-electron chi connectivity index (χ0n) is 11.8. The first-order valence-corrected chi connectivity index (χ1v) is 7.46. The monoisotopic (exact) mass is 228 g/mol. The molecule has 3 atom stereocenters. The van der Waals surface area contributed by atoms with Crippen molar-refractivity contribution in [2.45, 2.75) is 70.9 Å². The van der Waals surface area contributed by atoms with Crippen LogP contribution in [0.25, 0.3) is 0 Å². The fourth-order valence-electron chi connectivity index (χ4n) is 4.00. The van der Waals surface area contributed by atoms with Crippen molar-refractivity contribution < 1.29 is 0 Å². The van der Waals surface area contributed by atoms with Crippen molar-refractivity contribution in [1.82, 2.24) is 0 Å². The smallest absolute Gasteiger partial charge is 0.0631 e. The molecule has 2 saturated carbocycles. The third kappa shape index (κ3) is 2.34. The van der Waals surface area contributed by atoms with Crippen LogP contribution in [0, 0.1) is 23.2 Å². The molecule has 17 heavy (non-hydrogen) atoms. The van der Waals surface area contributed by atoms with Crippen molar-refractivity contribution in [3.8, 4) is 0 Å². The molecule has 0 heterocycles. The molecule has 0 aromatic heterocycles. The minimum absolute atomic E-state index is 0.0447. The van der Waals surface area contributed by atoms with Gasteiger partial charge in [0, 0.05) is 0 Å². The topological polar surface area (TPSA) is 0 Å². The molecule has 0 nitrogen and oxygen atoms in total. The summed E-state index contributed by atoms with van der Waals surface area (Å²) in [6, 6.07) is 0. The van der Waals surface area contributed by atoms with Crippen molar-refractivity contribution in [3.63, 3.8) is 0 Å². The molecule has 0 bridgehead atoms. The number of hydrogen-bond acceptors (Lipinski definition) is 0. The van der Waals surface area contributed by atoms with Gasteiger partial charge in [-0.05, 0) is 30.1 Å². The predicted octanol–water partition coefficient (Wildman–Crippen LogP) is 4.09. The normalized spacial score (nSPS) is 34.6. The third-order valence-electron chi connectivity index (χ3n) is 6.02. The highest BCUT2D eigenvalue weighted by Gasteiger charge is 2.44. The minimum atomic E-state index is -0.491. The van der Waals surface area contributed by atoms with E-state index in [0.717, 1.165) is 18.3 Å². The summed E-state index contributed by atoms with van der Waals surface area (Å²) in [6.45, 7) is 6.66. The summed E-state index contributed by atoms with van der Waals surface area (Å²) in [7, 11) is 13.1. The van der Waals surface area contributed by atoms with Gasteiger partial charge in [-0.2, -0.15) is 0 Å². The summed E-state index contributed by atoms with van der Waals surface area (Å²) < 4.78 is 0. The molecule has 0 saturated heterocycles. The van der Waals surface area contributed by atoms with Crippen LogP contribution >= 0.6 is 0 Å². The maximum absolute atomic E-state index is 6.54. The Bertz CT molecular complexity index is 270. The lowest BCUT2D eigenvalue weighted by Crippen LogP contribution is -2.41. The van der Waals surface area contributed by atoms with Gasteiger partial charge in [-0.3, -0.25) is 0 Å². The molecule has 0 spiro atoms. The van der Waals surface area contributed by atoms with E-state index in [9.17, 15) is 0 Å². The van der Waals surface area contributed by atoms with Crippen molar-refractivity contribution in [2.75, 3.05) is 0 Å². The average molecular weight is 228 g/mol. The molecule has 2 aliphatic rings. The Hall–Kier alpha value is 0.130. The molecule has 0 aliphatic heterocycles. The molecule has 3 unspecified atom stereocenters. The van der Waals surface area contributed by atoms with Gasteiger partial charge in [0.15, 0.2) is 0 Å². The lowest BCUT2D eigenvalue weighted by atomic mass is 9.36. The molecule has 0 N–H and O–H groups in total. The summed E-state index contributed by atoms with van der Waals surface area (Å²) in [6.07, 6.45) is 9.26. The minimum Gasteiger partial charge on any atom is -0.0914 e. The molecule has 0 aromatic carbocycles. The number of rotatable bonds is 3. The van der Waals surface area contributed by atoms with Crippen LogP contribution in [0.5, 0.6) is 0 Å². The maximum Gasteiger partial charge on any atom is 0.0631 e. The Balaban J connectivity index is 2.07. The quantitative estimate of drug-likeness (QED) is 0.638. The van der Waals surface area contributed by atoms with E-state index in [1.54, 1.807) is 0 Å². The van der Waals surface area contributed by atoms with E-state index in [0.29, 0.717) is 5.92 Å². The molecular weight excluding hydrogens is 202 g/mol. The van der Waals surface area contributed by atoms with Gasteiger partial charge >= 0.3 is 0 Å². The van der Waals surface area contributed by atoms with Crippen molar-refractivity contribution in [1.29, 1.82) is 0 Å². The van der Waals surface area contributed by atoms with Crippen LogP contribution in [0.1, 0.15) is 65.7 Å². The van der Waals surface area contributed by atoms with E-state index in [1.807, 2.05) is 0 Å². The Morgan fingerprint density at radius 1 is 1.00 bits per heavy atom. The molecule has 2 fully saturated rings. The van der Waals surface area contributed by atoms with E-state index >= 15 is 0 Å². The van der Waals surface area contributed by atoms with E-state index in [2.05, 4.69) is 20.8 Å². The first kappa shape index (κ1) is 13.6. The molecule has 0 amide bonds. The van der Waals surface area contributed by atoms with E-state index < -0.39 is 5.21 Å². The van der Waals surface area contributed by atoms with E-state index in [-0.39, 0.29) is 5.41 Å². The maximum atomic E-state index is 6.54. The van der Waals surface area contributed by atoms with Crippen LogP contribution in [0.4, 0.5) is 0 Å². The molecule has 92 valence electrons. The Kier molecular flexibility index (Phi) is 3.72. The van der Waals surface area contributed by atoms with Crippen LogP contribution in [0.3, 0.4) is 0 Å². The fourth-order valence-corrected chi connectivity index (χ4v) is 4.00. The van der Waals surface area contributed by atoms with Crippen LogP contribution < -0.4 is 0 Å². The lowest BCUT2D eigenvalue weighted by Gasteiger charge is -2.51. The van der Waals surface area contributed by atoms with Gasteiger partial charge in [-0.15, -0.1) is 0 Å². The van der Waals surface area contributed by atoms with Gasteiger partial charge in [0.2, 0.25) is 0 Å². The second-order valence-corrected chi connectivity index (χ2v) is 7.13. The van der Waals surface area contributed by atoms with Crippen LogP contribution in [-0.4, -0.2) is 15.7 Å². The van der Waals surface area contributed by atoms with E-state index in [4.69, 9.17) is 15.7 Å². The molecule has 4 radical (unpaired) electrons. The molecule has 2 heteroatoms. The Labute approximate surface area is 110 Å². The highest BCUT2D eigenvalue weighted by atomic mass is 14.5. The highest BCUT2D eigenvalue weighted by molar-refractivity contribution is 6.40. The Morgan fingerprint density at radius 2 is 1.65 bits per heavy atom. The van der Waals surface area contributed by atoms with Crippen LogP contribution in [0.2, 0.25) is 5.21 Å². The van der Waals surface area contributed by atoms with Gasteiger partial charge in [-0.1, -0.05) is 64.0 Å². The van der Waals surface area contributed by atoms with Gasteiger partial charge in [0.25, 0.3) is 0 Å². The Morgan fingerprint density at radius 3 is 2.29 bits per heavy atom. The fraction of sp³-hybridized carbons (Fsp3) is 1.00. The molecule has 2 rings (SSSR count). The highest BCUT2D eigenvalue weighted by Crippen LogP contribution is 2.56. The van der Waals surface area contributed by atoms with Gasteiger partial charge < -0.3 is 0 Å². The van der Waals surface area contributed by atoms with Crippen LogP contribution in [-0.2, 0) is 0 Å². The predicted molar refractivity (Wildman–Crippen MR) is 76.4 cm³/mol. The first-order valence-electron chi connectivity index (χ1n) is 7.46. The summed E-state index contributed by atoms with van der Waals surface area (Å²) >= 11 is 0. The lowest BCUT2D eigenvalue weighted by molar-refractivity contribution is 0.133. The first-order chi connectivity index (χ1) is 7.88. The molecular formula is C15H26B2. The van der Waals surface area contributed by atoms with Gasteiger partial charge in [0.05, 0.1) is 15.7 Å². The van der Waals surface area contributed by atoms with Gasteiger partial charge in [-0.25, -0.2) is 0 Å². The van der Waals surface area contributed by atoms with Crippen molar-refractivity contribution >= 4 is 15.7 Å². The SMILES string of the molecule is [B]C([B])(C1CCC2CCCC2C1)C(C)(C)CC. The summed E-state index contributed by atoms with van der Waals surface area (Å²) in [5, 5.41) is -0.491. The average Bonchev–Trinajstić information content (AvgIpc) is 2.75. The largest absolute Gasteiger partial charge is 0.0914 e. The molecule has 0 aromatic rings. The van der Waals surface area contributed by atoms with Crippen molar-refractivity contribution in [2.24, 2.45) is 23.2 Å². The number of fused-ring (bicyclic) bond motifs is 1. The standard InChI is InChI=1S/C15H26B2/c1-4-14(2,3)15(16,17)13-9-8-11-6-5-7-12(11)10-13/h11-13H,4-10H2,1-3H3. The molecule has 2 aliphatic carbocycles. The number of hydrogen-bond donors (Lipinski definition) is 0. The van der Waals surface area contributed by atoms with Gasteiger partial charge in [0.1, 0.15) is 0 Å². The van der Waals surface area contributed by atoms with E-state index in [1.165, 1.54) is 38.5 Å². The summed E-state index contributed by atoms with van der Waals surface area (Å²) in [5.74, 6) is 2.44. The summed E-state index contributed by atoms with van der Waals surface area (Å²) in [4.78, 5) is 0. The zero-order valence-corrected chi connectivity index (χ0v) is 11.8. The summed E-state index contributed by atoms with van der Waals surface area (Å²) in [5.41, 5.74) is 0.0447. The zero-order chi connectivity index (χ0) is 12.7. The van der Waals surface area contributed by atoms with Crippen LogP contribution in [0.15, 0.2) is 0 Å².